The molecule has 2 aromatic carbocycles. The van der Waals surface area contributed by atoms with Gasteiger partial charge in [-0.1, -0.05) is 11.6 Å². The summed E-state index contributed by atoms with van der Waals surface area (Å²) in [6.45, 7) is 0. The third-order valence-electron chi connectivity index (χ3n) is 3.35. The minimum absolute atomic E-state index is 0.0128. The Bertz CT molecular complexity index is 933. The van der Waals surface area contributed by atoms with Gasteiger partial charge in [0.25, 0.3) is 0 Å². The summed E-state index contributed by atoms with van der Waals surface area (Å²) in [5.41, 5.74) is 12.5. The number of anilines is 2. The first kappa shape index (κ1) is 15.2. The summed E-state index contributed by atoms with van der Waals surface area (Å²) >= 11 is 5.59. The number of aromatic nitrogens is 2. The highest BCUT2D eigenvalue weighted by Crippen LogP contribution is 2.33. The first-order valence-corrected chi connectivity index (χ1v) is 6.84. The number of fused-ring (bicyclic) bond motifs is 1. The molecule has 118 valence electrons. The Morgan fingerprint density at radius 3 is 2.57 bits per heavy atom. The standard InChI is InChI=1S/C15H11ClF2N4O/c1-23-11-5-10-7(4-9(11)19)14(20)22-15(21-10)6-2-3-8(17)12(16)13(6)18/h2-5H,19H2,1H3,(H2,20,21,22). The van der Waals surface area contributed by atoms with E-state index in [2.05, 4.69) is 9.97 Å². The van der Waals surface area contributed by atoms with Crippen molar-refractivity contribution in [2.24, 2.45) is 0 Å². The van der Waals surface area contributed by atoms with Crippen molar-refractivity contribution >= 4 is 34.0 Å². The molecule has 1 aromatic heterocycles. The fourth-order valence-corrected chi connectivity index (χ4v) is 2.36. The zero-order valence-corrected chi connectivity index (χ0v) is 12.7. The highest BCUT2D eigenvalue weighted by atomic mass is 35.5. The average Bonchev–Trinajstić information content (AvgIpc) is 2.53. The van der Waals surface area contributed by atoms with Crippen molar-refractivity contribution in [3.8, 4) is 17.1 Å². The van der Waals surface area contributed by atoms with Crippen LogP contribution in [-0.2, 0) is 0 Å². The van der Waals surface area contributed by atoms with Gasteiger partial charge in [0.05, 0.1) is 23.9 Å². The van der Waals surface area contributed by atoms with Crippen LogP contribution in [0.4, 0.5) is 20.3 Å². The summed E-state index contributed by atoms with van der Waals surface area (Å²) in [6.07, 6.45) is 0. The van der Waals surface area contributed by atoms with E-state index in [9.17, 15) is 8.78 Å². The second kappa shape index (κ2) is 5.51. The second-order valence-corrected chi connectivity index (χ2v) is 5.14. The molecular weight excluding hydrogens is 326 g/mol. The van der Waals surface area contributed by atoms with Gasteiger partial charge in [-0.25, -0.2) is 18.7 Å². The molecule has 0 aliphatic heterocycles. The summed E-state index contributed by atoms with van der Waals surface area (Å²) in [5.74, 6) is -1.32. The van der Waals surface area contributed by atoms with E-state index in [-0.39, 0.29) is 17.2 Å². The maximum absolute atomic E-state index is 14.2. The van der Waals surface area contributed by atoms with Crippen LogP contribution in [0.2, 0.25) is 5.02 Å². The van der Waals surface area contributed by atoms with Gasteiger partial charge in [0.1, 0.15) is 22.4 Å². The van der Waals surface area contributed by atoms with E-state index < -0.39 is 16.7 Å². The fourth-order valence-electron chi connectivity index (χ4n) is 2.19. The van der Waals surface area contributed by atoms with Gasteiger partial charge in [-0.05, 0) is 18.2 Å². The van der Waals surface area contributed by atoms with Crippen molar-refractivity contribution in [2.45, 2.75) is 0 Å². The van der Waals surface area contributed by atoms with E-state index in [4.69, 9.17) is 27.8 Å². The van der Waals surface area contributed by atoms with Gasteiger partial charge in [0.2, 0.25) is 0 Å². The molecular formula is C15H11ClF2N4O. The molecule has 4 N–H and O–H groups in total. The minimum Gasteiger partial charge on any atom is -0.495 e. The highest BCUT2D eigenvalue weighted by Gasteiger charge is 2.17. The van der Waals surface area contributed by atoms with Crippen LogP contribution in [0, 0.1) is 11.6 Å². The number of nitrogens with two attached hydrogens (primary N) is 2. The van der Waals surface area contributed by atoms with E-state index in [1.54, 1.807) is 12.1 Å². The van der Waals surface area contributed by atoms with Gasteiger partial charge in [0, 0.05) is 11.5 Å². The number of ether oxygens (including phenoxy) is 1. The number of hydrogen-bond donors (Lipinski definition) is 2. The van der Waals surface area contributed by atoms with Crippen LogP contribution in [0.25, 0.3) is 22.3 Å². The van der Waals surface area contributed by atoms with Crippen molar-refractivity contribution in [1.29, 1.82) is 0 Å². The van der Waals surface area contributed by atoms with Crippen molar-refractivity contribution < 1.29 is 13.5 Å². The summed E-state index contributed by atoms with van der Waals surface area (Å²) < 4.78 is 32.6. The Hall–Kier alpha value is -2.67. The molecule has 0 bridgehead atoms. The predicted molar refractivity (Wildman–Crippen MR) is 85.3 cm³/mol. The van der Waals surface area contributed by atoms with Gasteiger partial charge in [-0.15, -0.1) is 0 Å². The van der Waals surface area contributed by atoms with Crippen molar-refractivity contribution in [3.63, 3.8) is 0 Å². The van der Waals surface area contributed by atoms with Crippen LogP contribution in [-0.4, -0.2) is 17.1 Å². The normalized spacial score (nSPS) is 11.0. The molecule has 0 unspecified atom stereocenters. The maximum atomic E-state index is 14.2. The van der Waals surface area contributed by atoms with E-state index in [1.165, 1.54) is 13.2 Å². The van der Waals surface area contributed by atoms with E-state index in [0.29, 0.717) is 22.3 Å². The van der Waals surface area contributed by atoms with Gasteiger partial charge in [-0.3, -0.25) is 0 Å². The third-order valence-corrected chi connectivity index (χ3v) is 3.70. The van der Waals surface area contributed by atoms with Gasteiger partial charge < -0.3 is 16.2 Å². The fraction of sp³-hybridized carbons (Fsp3) is 0.0667. The maximum Gasteiger partial charge on any atom is 0.165 e. The second-order valence-electron chi connectivity index (χ2n) is 4.77. The minimum atomic E-state index is -0.951. The summed E-state index contributed by atoms with van der Waals surface area (Å²) in [5, 5.41) is -0.125. The number of halogens is 3. The molecule has 3 aromatic rings. The highest BCUT2D eigenvalue weighted by molar-refractivity contribution is 6.31. The molecule has 0 atom stereocenters. The van der Waals surface area contributed by atoms with Gasteiger partial charge >= 0.3 is 0 Å². The molecule has 0 spiro atoms. The average molecular weight is 337 g/mol. The van der Waals surface area contributed by atoms with Crippen LogP contribution < -0.4 is 16.2 Å². The number of nitrogens with zero attached hydrogens (tertiary/aromatic N) is 2. The van der Waals surface area contributed by atoms with Gasteiger partial charge in [-0.2, -0.15) is 0 Å². The lowest BCUT2D eigenvalue weighted by Crippen LogP contribution is -2.01. The van der Waals surface area contributed by atoms with E-state index in [0.717, 1.165) is 6.07 Å². The van der Waals surface area contributed by atoms with Crippen LogP contribution in [0.3, 0.4) is 0 Å². The zero-order valence-electron chi connectivity index (χ0n) is 11.9. The lowest BCUT2D eigenvalue weighted by molar-refractivity contribution is 0.417. The molecule has 8 heteroatoms. The predicted octanol–water partition coefficient (Wildman–Crippen LogP) is 3.40. The Balaban J connectivity index is 2.28. The third kappa shape index (κ3) is 2.49. The molecule has 5 nitrogen and oxygen atoms in total. The van der Waals surface area contributed by atoms with Crippen molar-refractivity contribution in [2.75, 3.05) is 18.6 Å². The largest absolute Gasteiger partial charge is 0.495 e. The van der Waals surface area contributed by atoms with E-state index in [1.807, 2.05) is 0 Å². The Morgan fingerprint density at radius 2 is 1.87 bits per heavy atom. The van der Waals surface area contributed by atoms with Crippen LogP contribution in [0.15, 0.2) is 24.3 Å². The summed E-state index contributed by atoms with van der Waals surface area (Å²) in [4.78, 5) is 8.29. The molecule has 0 amide bonds. The summed E-state index contributed by atoms with van der Waals surface area (Å²) in [6, 6.07) is 5.37. The molecule has 1 heterocycles. The van der Waals surface area contributed by atoms with Crippen molar-refractivity contribution in [3.05, 3.63) is 40.9 Å². The Kier molecular flexibility index (Phi) is 3.65. The zero-order chi connectivity index (χ0) is 16.7. The van der Waals surface area contributed by atoms with E-state index >= 15 is 0 Å². The lowest BCUT2D eigenvalue weighted by Gasteiger charge is -2.10. The first-order chi connectivity index (χ1) is 10.9. The first-order valence-electron chi connectivity index (χ1n) is 6.47. The smallest absolute Gasteiger partial charge is 0.165 e. The molecule has 3 rings (SSSR count). The Labute approximate surface area is 134 Å². The molecule has 0 radical (unpaired) electrons. The molecule has 0 saturated heterocycles. The molecule has 0 fully saturated rings. The molecule has 0 saturated carbocycles. The number of rotatable bonds is 2. The quantitative estimate of drug-likeness (QED) is 0.553. The Morgan fingerprint density at radius 1 is 1.13 bits per heavy atom. The molecule has 0 aliphatic rings. The van der Waals surface area contributed by atoms with Crippen LogP contribution in [0.5, 0.6) is 5.75 Å². The molecule has 0 aliphatic carbocycles. The van der Waals surface area contributed by atoms with Crippen LogP contribution in [0.1, 0.15) is 0 Å². The van der Waals surface area contributed by atoms with Crippen molar-refractivity contribution in [1.82, 2.24) is 9.97 Å². The monoisotopic (exact) mass is 336 g/mol. The topological polar surface area (TPSA) is 87.0 Å². The van der Waals surface area contributed by atoms with Crippen LogP contribution >= 0.6 is 11.6 Å². The number of methoxy groups -OCH3 is 1. The SMILES string of the molecule is COc1cc2nc(-c3ccc(F)c(Cl)c3F)nc(N)c2cc1N. The number of hydrogen-bond acceptors (Lipinski definition) is 5. The van der Waals surface area contributed by atoms with Gasteiger partial charge in [0.15, 0.2) is 11.6 Å². The molecule has 23 heavy (non-hydrogen) atoms. The number of benzene rings is 2. The summed E-state index contributed by atoms with van der Waals surface area (Å²) in [7, 11) is 1.46. The lowest BCUT2D eigenvalue weighted by atomic mass is 10.1. The number of nitrogen functional groups attached to an aromatic ring is 2.